The molecule has 1 fully saturated rings. The summed E-state index contributed by atoms with van der Waals surface area (Å²) >= 11 is 0.989. The molecular formula is C11H13NO4S. The lowest BCUT2D eigenvalue weighted by Crippen LogP contribution is -2.47. The molecule has 0 saturated heterocycles. The summed E-state index contributed by atoms with van der Waals surface area (Å²) in [6.07, 6.45) is 1.87. The molecule has 0 atom stereocenters. The Morgan fingerprint density at radius 3 is 2.59 bits per heavy atom. The Kier molecular flexibility index (Phi) is 3.44. The van der Waals surface area contributed by atoms with E-state index in [1.54, 1.807) is 7.11 Å². The van der Waals surface area contributed by atoms with Crippen LogP contribution in [0.4, 0.5) is 0 Å². The highest BCUT2D eigenvalue weighted by molar-refractivity contribution is 7.15. The highest BCUT2D eigenvalue weighted by atomic mass is 32.1. The molecule has 1 aliphatic rings. The fourth-order valence-electron chi connectivity index (χ4n) is 1.71. The number of carboxylic acid groups (broad SMARTS) is 1. The van der Waals surface area contributed by atoms with E-state index < -0.39 is 5.97 Å². The Hall–Kier alpha value is -1.40. The molecule has 1 saturated carbocycles. The van der Waals surface area contributed by atoms with Crippen LogP contribution in [0.1, 0.15) is 32.2 Å². The number of nitrogens with one attached hydrogen (secondary N) is 1. The molecule has 5 nitrogen and oxygen atoms in total. The summed E-state index contributed by atoms with van der Waals surface area (Å²) in [4.78, 5) is 23.0. The van der Waals surface area contributed by atoms with Gasteiger partial charge in [0.2, 0.25) is 0 Å². The maximum Gasteiger partial charge on any atom is 0.345 e. The largest absolute Gasteiger partial charge is 0.477 e. The predicted octanol–water partition coefficient (Wildman–Crippen LogP) is 1.35. The highest BCUT2D eigenvalue weighted by Crippen LogP contribution is 2.24. The van der Waals surface area contributed by atoms with E-state index in [1.165, 1.54) is 12.1 Å². The lowest BCUT2D eigenvalue weighted by Gasteiger charge is -2.34. The molecular weight excluding hydrogens is 242 g/mol. The summed E-state index contributed by atoms with van der Waals surface area (Å²) in [7, 11) is 1.65. The zero-order valence-electron chi connectivity index (χ0n) is 9.30. The van der Waals surface area contributed by atoms with E-state index >= 15 is 0 Å². The fourth-order valence-corrected chi connectivity index (χ4v) is 2.46. The van der Waals surface area contributed by atoms with Crippen LogP contribution in [0.25, 0.3) is 0 Å². The van der Waals surface area contributed by atoms with Crippen LogP contribution in [-0.4, -0.2) is 36.2 Å². The van der Waals surface area contributed by atoms with Gasteiger partial charge in [-0.05, 0) is 25.0 Å². The molecule has 2 rings (SSSR count). The summed E-state index contributed by atoms with van der Waals surface area (Å²) in [5, 5.41) is 11.6. The molecule has 0 aromatic carbocycles. The van der Waals surface area contributed by atoms with Crippen LogP contribution < -0.4 is 5.32 Å². The van der Waals surface area contributed by atoms with Gasteiger partial charge in [0.15, 0.2) is 0 Å². The van der Waals surface area contributed by atoms with Crippen LogP contribution in [0.2, 0.25) is 0 Å². The standard InChI is InChI=1S/C11H13NO4S/c1-16-7-4-6(5-7)12-10(13)8-2-3-9(17-8)11(14)15/h2-3,6-7H,4-5H2,1H3,(H,12,13)(H,14,15). The minimum atomic E-state index is -1.00. The molecule has 1 aromatic rings. The second-order valence-corrected chi connectivity index (χ2v) is 5.05. The van der Waals surface area contributed by atoms with Crippen molar-refractivity contribution in [3.63, 3.8) is 0 Å². The number of hydrogen-bond acceptors (Lipinski definition) is 4. The van der Waals surface area contributed by atoms with Crippen LogP contribution in [-0.2, 0) is 4.74 Å². The summed E-state index contributed by atoms with van der Waals surface area (Å²) in [6, 6.07) is 3.12. The topological polar surface area (TPSA) is 75.6 Å². The average Bonchev–Trinajstić information content (AvgIpc) is 2.71. The fraction of sp³-hybridized carbons (Fsp3) is 0.455. The maximum absolute atomic E-state index is 11.7. The van der Waals surface area contributed by atoms with Crippen molar-refractivity contribution in [2.45, 2.75) is 25.0 Å². The van der Waals surface area contributed by atoms with Crippen LogP contribution in [0.3, 0.4) is 0 Å². The van der Waals surface area contributed by atoms with Crippen molar-refractivity contribution in [2.75, 3.05) is 7.11 Å². The SMILES string of the molecule is COC1CC(NC(=O)c2ccc(C(=O)O)s2)C1. The van der Waals surface area contributed by atoms with Crippen molar-refractivity contribution >= 4 is 23.2 Å². The second-order valence-electron chi connectivity index (χ2n) is 3.97. The van der Waals surface area contributed by atoms with Gasteiger partial charge in [0.25, 0.3) is 5.91 Å². The zero-order valence-corrected chi connectivity index (χ0v) is 10.1. The van der Waals surface area contributed by atoms with Crippen molar-refractivity contribution < 1.29 is 19.4 Å². The number of rotatable bonds is 4. The van der Waals surface area contributed by atoms with E-state index in [9.17, 15) is 9.59 Å². The Morgan fingerprint density at radius 2 is 2.06 bits per heavy atom. The third-order valence-corrected chi connectivity index (χ3v) is 3.88. The number of carbonyl (C=O) groups excluding carboxylic acids is 1. The summed E-state index contributed by atoms with van der Waals surface area (Å²) < 4.78 is 5.11. The first-order valence-electron chi connectivity index (χ1n) is 5.27. The van der Waals surface area contributed by atoms with E-state index in [0.29, 0.717) is 4.88 Å². The third kappa shape index (κ3) is 2.65. The van der Waals surface area contributed by atoms with E-state index in [0.717, 1.165) is 24.2 Å². The molecule has 1 amide bonds. The second kappa shape index (κ2) is 4.85. The highest BCUT2D eigenvalue weighted by Gasteiger charge is 2.30. The number of thiophene rings is 1. The normalized spacial score (nSPS) is 22.9. The Labute approximate surface area is 102 Å². The Balaban J connectivity index is 1.89. The van der Waals surface area contributed by atoms with Gasteiger partial charge in [0, 0.05) is 13.2 Å². The molecule has 0 aliphatic heterocycles. The number of amides is 1. The first-order valence-corrected chi connectivity index (χ1v) is 6.08. The van der Waals surface area contributed by atoms with Gasteiger partial charge in [-0.3, -0.25) is 4.79 Å². The maximum atomic E-state index is 11.7. The molecule has 0 bridgehead atoms. The van der Waals surface area contributed by atoms with Crippen LogP contribution >= 0.6 is 11.3 Å². The molecule has 1 heterocycles. The number of aromatic carboxylic acids is 1. The lowest BCUT2D eigenvalue weighted by molar-refractivity contribution is 0.0177. The molecule has 17 heavy (non-hydrogen) atoms. The van der Waals surface area contributed by atoms with E-state index in [2.05, 4.69) is 5.32 Å². The van der Waals surface area contributed by atoms with Crippen molar-refractivity contribution in [1.29, 1.82) is 0 Å². The molecule has 92 valence electrons. The van der Waals surface area contributed by atoms with Crippen LogP contribution in [0, 0.1) is 0 Å². The summed E-state index contributed by atoms with van der Waals surface area (Å²) in [5.74, 6) is -1.21. The summed E-state index contributed by atoms with van der Waals surface area (Å²) in [5.41, 5.74) is 0. The van der Waals surface area contributed by atoms with Gasteiger partial charge >= 0.3 is 5.97 Å². The van der Waals surface area contributed by atoms with Gasteiger partial charge in [0.05, 0.1) is 11.0 Å². The first kappa shape index (κ1) is 12.1. The monoisotopic (exact) mass is 255 g/mol. The van der Waals surface area contributed by atoms with Gasteiger partial charge in [0.1, 0.15) is 4.88 Å². The van der Waals surface area contributed by atoms with Crippen LogP contribution in [0.5, 0.6) is 0 Å². The van der Waals surface area contributed by atoms with Gasteiger partial charge < -0.3 is 15.2 Å². The van der Waals surface area contributed by atoms with Gasteiger partial charge in [-0.2, -0.15) is 0 Å². The zero-order chi connectivity index (χ0) is 12.4. The van der Waals surface area contributed by atoms with Crippen molar-refractivity contribution in [1.82, 2.24) is 5.32 Å². The van der Waals surface area contributed by atoms with Crippen LogP contribution in [0.15, 0.2) is 12.1 Å². The van der Waals surface area contributed by atoms with Crippen molar-refractivity contribution in [3.8, 4) is 0 Å². The van der Waals surface area contributed by atoms with E-state index in [1.807, 2.05) is 0 Å². The van der Waals surface area contributed by atoms with Gasteiger partial charge in [-0.25, -0.2) is 4.79 Å². The van der Waals surface area contributed by atoms with Crippen molar-refractivity contribution in [3.05, 3.63) is 21.9 Å². The number of carboxylic acids is 1. The quantitative estimate of drug-likeness (QED) is 0.851. The molecule has 1 aromatic heterocycles. The number of methoxy groups -OCH3 is 1. The number of carbonyl (C=O) groups is 2. The average molecular weight is 255 g/mol. The van der Waals surface area contributed by atoms with Crippen molar-refractivity contribution in [2.24, 2.45) is 0 Å². The molecule has 0 radical (unpaired) electrons. The molecule has 2 N–H and O–H groups in total. The lowest BCUT2D eigenvalue weighted by atomic mass is 9.89. The van der Waals surface area contributed by atoms with Gasteiger partial charge in [-0.15, -0.1) is 11.3 Å². The molecule has 0 spiro atoms. The molecule has 0 unspecified atom stereocenters. The predicted molar refractivity (Wildman–Crippen MR) is 62.6 cm³/mol. The molecule has 1 aliphatic carbocycles. The minimum Gasteiger partial charge on any atom is -0.477 e. The minimum absolute atomic E-state index is 0.142. The Bertz CT molecular complexity index is 436. The van der Waals surface area contributed by atoms with Gasteiger partial charge in [-0.1, -0.05) is 0 Å². The summed E-state index contributed by atoms with van der Waals surface area (Å²) in [6.45, 7) is 0. The van der Waals surface area contributed by atoms with E-state index in [-0.39, 0.29) is 22.9 Å². The number of ether oxygens (including phenoxy) is 1. The smallest absolute Gasteiger partial charge is 0.345 e. The number of hydrogen-bond donors (Lipinski definition) is 2. The van der Waals surface area contributed by atoms with E-state index in [4.69, 9.17) is 9.84 Å². The molecule has 6 heteroatoms. The Morgan fingerprint density at radius 1 is 1.41 bits per heavy atom. The third-order valence-electron chi connectivity index (χ3n) is 2.80. The first-order chi connectivity index (χ1) is 8.10.